The lowest BCUT2D eigenvalue weighted by atomic mass is 9.78. The highest BCUT2D eigenvalue weighted by atomic mass is 16.6. The SMILES string of the molecule is CCCCCCCCOB(CC(C)C#N)OCCCCCCCC. The van der Waals surface area contributed by atoms with Crippen LogP contribution in [-0.4, -0.2) is 20.3 Å². The predicted molar refractivity (Wildman–Crippen MR) is 104 cm³/mol. The highest BCUT2D eigenvalue weighted by Crippen LogP contribution is 2.12. The van der Waals surface area contributed by atoms with Crippen LogP contribution in [0.1, 0.15) is 97.8 Å². The van der Waals surface area contributed by atoms with Gasteiger partial charge in [0.05, 0.1) is 6.07 Å². The lowest BCUT2D eigenvalue weighted by Crippen LogP contribution is -2.26. The molecular formula is C20H40BNO2. The molecule has 0 amide bonds. The summed E-state index contributed by atoms with van der Waals surface area (Å²) in [6, 6.07) is 2.28. The number of nitrogens with zero attached hydrogens (tertiary/aromatic N) is 1. The zero-order chi connectivity index (χ0) is 17.9. The maximum atomic E-state index is 9.01. The van der Waals surface area contributed by atoms with Gasteiger partial charge in [0.2, 0.25) is 0 Å². The first kappa shape index (κ1) is 23.5. The molecule has 140 valence electrons. The second kappa shape index (κ2) is 18.8. The zero-order valence-electron chi connectivity index (χ0n) is 16.5. The first-order chi connectivity index (χ1) is 11.7. The predicted octanol–water partition coefficient (Wildman–Crippen LogP) is 6.39. The molecule has 0 radical (unpaired) electrons. The third-order valence-electron chi connectivity index (χ3n) is 4.37. The van der Waals surface area contributed by atoms with Crippen molar-refractivity contribution in [2.75, 3.05) is 13.2 Å². The van der Waals surface area contributed by atoms with Crippen molar-refractivity contribution in [1.29, 1.82) is 5.26 Å². The van der Waals surface area contributed by atoms with Crippen LogP contribution in [0.3, 0.4) is 0 Å². The first-order valence-corrected chi connectivity index (χ1v) is 10.4. The molecule has 0 saturated heterocycles. The summed E-state index contributed by atoms with van der Waals surface area (Å²) in [5.74, 6) is -0.0101. The monoisotopic (exact) mass is 337 g/mol. The standard InChI is InChI=1S/C20H40BNO2/c1-4-6-8-10-12-14-16-23-21(18-20(3)19-22)24-17-15-13-11-9-7-5-2/h20H,4-18H2,1-3H3. The number of unbranched alkanes of at least 4 members (excludes halogenated alkanes) is 10. The topological polar surface area (TPSA) is 42.2 Å². The maximum Gasteiger partial charge on any atom is 0.458 e. The Labute approximate surface area is 151 Å². The summed E-state index contributed by atoms with van der Waals surface area (Å²) < 4.78 is 11.8. The van der Waals surface area contributed by atoms with E-state index in [-0.39, 0.29) is 13.0 Å². The van der Waals surface area contributed by atoms with Gasteiger partial charge in [-0.25, -0.2) is 0 Å². The highest BCUT2D eigenvalue weighted by Gasteiger charge is 2.21. The van der Waals surface area contributed by atoms with Crippen molar-refractivity contribution in [3.63, 3.8) is 0 Å². The normalized spacial score (nSPS) is 12.1. The third kappa shape index (κ3) is 16.3. The number of hydrogen-bond acceptors (Lipinski definition) is 3. The van der Waals surface area contributed by atoms with Crippen molar-refractivity contribution in [3.05, 3.63) is 0 Å². The number of rotatable bonds is 18. The summed E-state index contributed by atoms with van der Waals surface area (Å²) in [5, 5.41) is 9.01. The van der Waals surface area contributed by atoms with E-state index in [2.05, 4.69) is 19.9 Å². The van der Waals surface area contributed by atoms with E-state index in [4.69, 9.17) is 14.6 Å². The minimum atomic E-state index is -0.203. The summed E-state index contributed by atoms with van der Waals surface area (Å²) in [6.07, 6.45) is 15.9. The fraction of sp³-hybridized carbons (Fsp3) is 0.950. The van der Waals surface area contributed by atoms with Gasteiger partial charge in [-0.05, 0) is 26.1 Å². The second-order valence-electron chi connectivity index (χ2n) is 6.97. The average Bonchev–Trinajstić information content (AvgIpc) is 2.59. The fourth-order valence-corrected chi connectivity index (χ4v) is 2.72. The Balaban J connectivity index is 3.75. The van der Waals surface area contributed by atoms with Crippen molar-refractivity contribution in [1.82, 2.24) is 0 Å². The molecule has 0 aliphatic carbocycles. The van der Waals surface area contributed by atoms with Gasteiger partial charge in [-0.15, -0.1) is 0 Å². The van der Waals surface area contributed by atoms with Crippen LogP contribution in [0.2, 0.25) is 6.32 Å². The molecule has 0 aliphatic rings. The quantitative estimate of drug-likeness (QED) is 0.215. The maximum absolute atomic E-state index is 9.01. The summed E-state index contributed by atoms with van der Waals surface area (Å²) >= 11 is 0. The Bertz CT molecular complexity index is 276. The zero-order valence-corrected chi connectivity index (χ0v) is 16.5. The van der Waals surface area contributed by atoms with E-state index in [1.165, 1.54) is 64.2 Å². The molecule has 0 aromatic heterocycles. The fourth-order valence-electron chi connectivity index (χ4n) is 2.72. The molecule has 24 heavy (non-hydrogen) atoms. The Morgan fingerprint density at radius 3 is 1.58 bits per heavy atom. The molecule has 0 fully saturated rings. The molecule has 0 aromatic carbocycles. The molecule has 1 unspecified atom stereocenters. The van der Waals surface area contributed by atoms with Crippen LogP contribution in [-0.2, 0) is 9.31 Å². The molecule has 0 aromatic rings. The molecule has 1 atom stereocenters. The van der Waals surface area contributed by atoms with Crippen molar-refractivity contribution < 1.29 is 9.31 Å². The summed E-state index contributed by atoms with van der Waals surface area (Å²) in [6.45, 7) is 7.93. The summed E-state index contributed by atoms with van der Waals surface area (Å²) in [4.78, 5) is 0. The van der Waals surface area contributed by atoms with Crippen molar-refractivity contribution >= 4 is 7.12 Å². The van der Waals surface area contributed by atoms with Gasteiger partial charge >= 0.3 is 7.12 Å². The summed E-state index contributed by atoms with van der Waals surface area (Å²) in [7, 11) is -0.203. The molecular weight excluding hydrogens is 297 g/mol. The molecule has 0 bridgehead atoms. The Morgan fingerprint density at radius 2 is 1.17 bits per heavy atom. The van der Waals surface area contributed by atoms with E-state index < -0.39 is 0 Å². The van der Waals surface area contributed by atoms with Crippen LogP contribution < -0.4 is 0 Å². The van der Waals surface area contributed by atoms with Crippen LogP contribution >= 0.6 is 0 Å². The van der Waals surface area contributed by atoms with E-state index in [1.54, 1.807) is 0 Å². The van der Waals surface area contributed by atoms with Gasteiger partial charge < -0.3 is 9.31 Å². The van der Waals surface area contributed by atoms with E-state index in [0.29, 0.717) is 6.32 Å². The molecule has 0 spiro atoms. The van der Waals surface area contributed by atoms with E-state index in [0.717, 1.165) is 26.1 Å². The minimum Gasteiger partial charge on any atom is -0.411 e. The lowest BCUT2D eigenvalue weighted by Gasteiger charge is -2.16. The first-order valence-electron chi connectivity index (χ1n) is 10.4. The molecule has 3 nitrogen and oxygen atoms in total. The van der Waals surface area contributed by atoms with E-state index >= 15 is 0 Å². The molecule has 0 N–H and O–H groups in total. The number of hydrogen-bond donors (Lipinski definition) is 0. The van der Waals surface area contributed by atoms with Gasteiger partial charge in [-0.3, -0.25) is 0 Å². The minimum absolute atomic E-state index is 0.0101. The molecule has 0 aliphatic heterocycles. The Morgan fingerprint density at radius 1 is 0.750 bits per heavy atom. The third-order valence-corrected chi connectivity index (χ3v) is 4.37. The van der Waals surface area contributed by atoms with Gasteiger partial charge in [0.15, 0.2) is 0 Å². The average molecular weight is 337 g/mol. The lowest BCUT2D eigenvalue weighted by molar-refractivity contribution is 0.187. The Hall–Kier alpha value is -0.525. The van der Waals surface area contributed by atoms with Crippen LogP contribution in [0, 0.1) is 17.2 Å². The smallest absolute Gasteiger partial charge is 0.411 e. The van der Waals surface area contributed by atoms with Gasteiger partial charge in [0, 0.05) is 19.1 Å². The largest absolute Gasteiger partial charge is 0.458 e. The van der Waals surface area contributed by atoms with Crippen LogP contribution in [0.5, 0.6) is 0 Å². The molecule has 4 heteroatoms. The van der Waals surface area contributed by atoms with Gasteiger partial charge in [0.1, 0.15) is 0 Å². The number of nitriles is 1. The van der Waals surface area contributed by atoms with Crippen molar-refractivity contribution in [2.24, 2.45) is 5.92 Å². The second-order valence-corrected chi connectivity index (χ2v) is 6.97. The van der Waals surface area contributed by atoms with Gasteiger partial charge in [-0.1, -0.05) is 78.1 Å². The molecule has 0 heterocycles. The van der Waals surface area contributed by atoms with E-state index in [1.807, 2.05) is 6.92 Å². The van der Waals surface area contributed by atoms with E-state index in [9.17, 15) is 0 Å². The Kier molecular flexibility index (Phi) is 18.4. The molecule has 0 saturated carbocycles. The van der Waals surface area contributed by atoms with Crippen LogP contribution in [0.4, 0.5) is 0 Å². The summed E-state index contributed by atoms with van der Waals surface area (Å²) in [5.41, 5.74) is 0. The highest BCUT2D eigenvalue weighted by molar-refractivity contribution is 6.44. The van der Waals surface area contributed by atoms with Gasteiger partial charge in [-0.2, -0.15) is 5.26 Å². The van der Waals surface area contributed by atoms with Crippen molar-refractivity contribution in [2.45, 2.75) is 104 Å². The van der Waals surface area contributed by atoms with Crippen LogP contribution in [0.15, 0.2) is 0 Å². The van der Waals surface area contributed by atoms with Crippen molar-refractivity contribution in [3.8, 4) is 6.07 Å². The van der Waals surface area contributed by atoms with Crippen LogP contribution in [0.25, 0.3) is 0 Å². The van der Waals surface area contributed by atoms with Gasteiger partial charge in [0.25, 0.3) is 0 Å². The molecule has 0 rings (SSSR count).